The minimum atomic E-state index is 0.0569. The van der Waals surface area contributed by atoms with Gasteiger partial charge in [0.15, 0.2) is 0 Å². The van der Waals surface area contributed by atoms with E-state index in [0.29, 0.717) is 11.4 Å². The maximum atomic E-state index is 12.9. The number of carbonyl (C=O) groups is 1. The Labute approximate surface area is 150 Å². The first-order valence-corrected chi connectivity index (χ1v) is 9.36. The van der Waals surface area contributed by atoms with E-state index in [1.54, 1.807) is 11.8 Å². The number of para-hydroxylation sites is 1. The first-order chi connectivity index (χ1) is 11.7. The molecule has 122 valence electrons. The minimum Gasteiger partial charge on any atom is -0.361 e. The summed E-state index contributed by atoms with van der Waals surface area (Å²) in [7, 11) is 0. The van der Waals surface area contributed by atoms with Crippen LogP contribution in [0.4, 0.5) is 0 Å². The van der Waals surface area contributed by atoms with Crippen molar-refractivity contribution in [1.82, 2.24) is 9.88 Å². The number of halogens is 1. The van der Waals surface area contributed by atoms with Gasteiger partial charge in [0.1, 0.15) is 5.37 Å². The molecule has 1 aliphatic rings. The predicted molar refractivity (Wildman–Crippen MR) is 100 cm³/mol. The van der Waals surface area contributed by atoms with Gasteiger partial charge < -0.3 is 9.88 Å². The largest absolute Gasteiger partial charge is 0.361 e. The van der Waals surface area contributed by atoms with Crippen molar-refractivity contribution < 1.29 is 4.79 Å². The number of hydrogen-bond acceptors (Lipinski definition) is 2. The zero-order valence-corrected chi connectivity index (χ0v) is 14.6. The fraction of sp³-hybridized carbons (Fsp3) is 0.211. The molecule has 1 unspecified atom stereocenters. The number of nitrogens with zero attached hydrogens (tertiary/aromatic N) is 1. The molecule has 3 nitrogen and oxygen atoms in total. The molecule has 1 aromatic heterocycles. The molecule has 1 fully saturated rings. The number of H-pyrrole nitrogens is 1. The average Bonchev–Trinajstić information content (AvgIpc) is 3.22. The lowest BCUT2D eigenvalue weighted by Gasteiger charge is -2.24. The highest BCUT2D eigenvalue weighted by Crippen LogP contribution is 2.39. The monoisotopic (exact) mass is 356 g/mol. The van der Waals surface area contributed by atoms with E-state index in [0.717, 1.165) is 34.3 Å². The van der Waals surface area contributed by atoms with Crippen LogP contribution in [0.2, 0.25) is 5.02 Å². The number of carbonyl (C=O) groups excluding carboxylic acids is 1. The van der Waals surface area contributed by atoms with Gasteiger partial charge in [-0.15, -0.1) is 11.8 Å². The lowest BCUT2D eigenvalue weighted by atomic mass is 10.1. The molecule has 1 N–H and O–H groups in total. The Hall–Kier alpha value is -1.91. The molecule has 24 heavy (non-hydrogen) atoms. The highest BCUT2D eigenvalue weighted by molar-refractivity contribution is 7.99. The number of amides is 1. The summed E-state index contributed by atoms with van der Waals surface area (Å²) >= 11 is 7.91. The fourth-order valence-corrected chi connectivity index (χ4v) is 4.67. The van der Waals surface area contributed by atoms with Gasteiger partial charge in [0.2, 0.25) is 5.91 Å². The normalized spacial score (nSPS) is 17.5. The topological polar surface area (TPSA) is 36.1 Å². The van der Waals surface area contributed by atoms with Crippen molar-refractivity contribution >= 4 is 40.2 Å². The zero-order valence-electron chi connectivity index (χ0n) is 13.0. The molecule has 0 bridgehead atoms. The number of aromatic nitrogens is 1. The Kier molecular flexibility index (Phi) is 4.25. The summed E-state index contributed by atoms with van der Waals surface area (Å²) in [5, 5.41) is 1.89. The van der Waals surface area contributed by atoms with Crippen molar-refractivity contribution in [2.45, 2.75) is 11.8 Å². The predicted octanol–water partition coefficient (Wildman–Crippen LogP) is 4.64. The second-order valence-corrected chi connectivity index (χ2v) is 7.53. The van der Waals surface area contributed by atoms with Crippen molar-refractivity contribution in [2.75, 3.05) is 12.3 Å². The van der Waals surface area contributed by atoms with E-state index >= 15 is 0 Å². The molecule has 1 aliphatic heterocycles. The van der Waals surface area contributed by atoms with E-state index in [1.807, 2.05) is 53.6 Å². The molecule has 2 aromatic carbocycles. The van der Waals surface area contributed by atoms with Gasteiger partial charge in [-0.3, -0.25) is 4.79 Å². The van der Waals surface area contributed by atoms with E-state index in [9.17, 15) is 4.79 Å². The van der Waals surface area contributed by atoms with E-state index in [1.165, 1.54) is 0 Å². The first-order valence-electron chi connectivity index (χ1n) is 7.94. The molecule has 1 saturated heterocycles. The lowest BCUT2D eigenvalue weighted by molar-refractivity contribution is -0.130. The van der Waals surface area contributed by atoms with Gasteiger partial charge in [-0.1, -0.05) is 41.9 Å². The number of aromatic amines is 1. The van der Waals surface area contributed by atoms with Crippen LogP contribution < -0.4 is 0 Å². The van der Waals surface area contributed by atoms with Crippen molar-refractivity contribution in [3.8, 4) is 0 Å². The number of thioether (sulfide) groups is 1. The van der Waals surface area contributed by atoms with Crippen LogP contribution in [0, 0.1) is 0 Å². The van der Waals surface area contributed by atoms with Crippen LogP contribution in [0.3, 0.4) is 0 Å². The Bertz CT molecular complexity index is 892. The molecular weight excluding hydrogens is 340 g/mol. The Morgan fingerprint density at radius 3 is 3.00 bits per heavy atom. The van der Waals surface area contributed by atoms with Crippen molar-refractivity contribution in [3.63, 3.8) is 0 Å². The second-order valence-electron chi connectivity index (χ2n) is 5.90. The van der Waals surface area contributed by atoms with E-state index in [2.05, 4.69) is 11.1 Å². The summed E-state index contributed by atoms with van der Waals surface area (Å²) in [6.07, 6.45) is 2.36. The maximum Gasteiger partial charge on any atom is 0.228 e. The number of rotatable bonds is 3. The quantitative estimate of drug-likeness (QED) is 0.742. The third-order valence-electron chi connectivity index (χ3n) is 4.36. The van der Waals surface area contributed by atoms with E-state index in [4.69, 9.17) is 11.6 Å². The highest BCUT2D eigenvalue weighted by atomic mass is 35.5. The van der Waals surface area contributed by atoms with Gasteiger partial charge in [0.05, 0.1) is 6.42 Å². The molecule has 0 radical (unpaired) electrons. The number of hydrogen-bond donors (Lipinski definition) is 1. The smallest absolute Gasteiger partial charge is 0.228 e. The SMILES string of the molecule is O=C(Cc1c[nH]c2ccccc12)N1CCSC1c1cccc(Cl)c1. The van der Waals surface area contributed by atoms with E-state index in [-0.39, 0.29) is 11.3 Å². The van der Waals surface area contributed by atoms with Crippen LogP contribution in [0.1, 0.15) is 16.5 Å². The minimum absolute atomic E-state index is 0.0569. The average molecular weight is 357 g/mol. The lowest BCUT2D eigenvalue weighted by Crippen LogP contribution is -2.31. The first kappa shape index (κ1) is 15.6. The van der Waals surface area contributed by atoms with Crippen LogP contribution in [0.5, 0.6) is 0 Å². The van der Waals surface area contributed by atoms with Gasteiger partial charge in [-0.2, -0.15) is 0 Å². The number of fused-ring (bicyclic) bond motifs is 1. The third kappa shape index (κ3) is 2.92. The fourth-order valence-electron chi connectivity index (χ4n) is 3.20. The van der Waals surface area contributed by atoms with Crippen LogP contribution in [-0.2, 0) is 11.2 Å². The third-order valence-corrected chi connectivity index (χ3v) is 5.86. The molecule has 4 rings (SSSR count). The van der Waals surface area contributed by atoms with Gasteiger partial charge >= 0.3 is 0 Å². The highest BCUT2D eigenvalue weighted by Gasteiger charge is 2.30. The summed E-state index contributed by atoms with van der Waals surface area (Å²) in [6, 6.07) is 15.9. The summed E-state index contributed by atoms with van der Waals surface area (Å²) in [5.74, 6) is 1.12. The van der Waals surface area contributed by atoms with Gasteiger partial charge in [-0.05, 0) is 29.3 Å². The molecule has 1 atom stereocenters. The zero-order chi connectivity index (χ0) is 16.5. The summed E-state index contributed by atoms with van der Waals surface area (Å²) in [6.45, 7) is 0.781. The molecular formula is C19H17ClN2OS. The molecule has 0 saturated carbocycles. The van der Waals surface area contributed by atoms with Crippen LogP contribution in [-0.4, -0.2) is 28.1 Å². The maximum absolute atomic E-state index is 12.9. The summed E-state index contributed by atoms with van der Waals surface area (Å²) in [4.78, 5) is 18.1. The van der Waals surface area contributed by atoms with Crippen molar-refractivity contribution in [3.05, 3.63) is 70.9 Å². The van der Waals surface area contributed by atoms with Crippen LogP contribution in [0.15, 0.2) is 54.7 Å². The van der Waals surface area contributed by atoms with Gasteiger partial charge in [-0.25, -0.2) is 0 Å². The second kappa shape index (κ2) is 6.54. The molecule has 1 amide bonds. The van der Waals surface area contributed by atoms with Crippen molar-refractivity contribution in [2.24, 2.45) is 0 Å². The summed E-state index contributed by atoms with van der Waals surface area (Å²) < 4.78 is 0. The van der Waals surface area contributed by atoms with E-state index < -0.39 is 0 Å². The number of benzene rings is 2. The molecule has 2 heterocycles. The molecule has 3 aromatic rings. The standard InChI is InChI=1S/C19H17ClN2OS/c20-15-5-3-4-13(10-15)19-22(8-9-24-19)18(23)11-14-12-21-17-7-2-1-6-16(14)17/h1-7,10,12,19,21H,8-9,11H2. The Morgan fingerprint density at radius 2 is 2.12 bits per heavy atom. The molecule has 5 heteroatoms. The Morgan fingerprint density at radius 1 is 1.25 bits per heavy atom. The molecule has 0 aliphatic carbocycles. The van der Waals surface area contributed by atoms with Crippen LogP contribution in [0.25, 0.3) is 10.9 Å². The van der Waals surface area contributed by atoms with Crippen molar-refractivity contribution in [1.29, 1.82) is 0 Å². The molecule has 0 spiro atoms. The Balaban J connectivity index is 1.57. The van der Waals surface area contributed by atoms with Gasteiger partial charge in [0.25, 0.3) is 0 Å². The van der Waals surface area contributed by atoms with Gasteiger partial charge in [0, 0.05) is 34.4 Å². The number of nitrogens with one attached hydrogen (secondary N) is 1. The van der Waals surface area contributed by atoms with Crippen LogP contribution >= 0.6 is 23.4 Å². The summed E-state index contributed by atoms with van der Waals surface area (Å²) in [5.41, 5.74) is 3.22.